The molecule has 1 heterocycles. The number of carbonyl (C=O) groups is 2. The molecule has 0 aliphatic carbocycles. The Labute approximate surface area is 115 Å². The van der Waals surface area contributed by atoms with Crippen molar-refractivity contribution in [2.75, 3.05) is 13.1 Å². The molecule has 1 aliphatic heterocycles. The smallest absolute Gasteiger partial charge is 0.282 e. The zero-order valence-corrected chi connectivity index (χ0v) is 10.8. The first-order valence-corrected chi connectivity index (χ1v) is 6.32. The summed E-state index contributed by atoms with van der Waals surface area (Å²) < 4.78 is 0. The molecule has 1 saturated heterocycles. The van der Waals surface area contributed by atoms with Gasteiger partial charge in [0.15, 0.2) is 0 Å². The standard InChI is InChI=1S/C13H15N3O4/c14-12(17)9-5-7-15(8-6-9)13(18)10-3-1-2-4-11(10)16(19)20/h1-4,9H,5-8H2,(H2,14,17). The van der Waals surface area contributed by atoms with Gasteiger partial charge in [0, 0.05) is 25.1 Å². The molecule has 1 aromatic carbocycles. The van der Waals surface area contributed by atoms with Crippen LogP contribution in [0.15, 0.2) is 24.3 Å². The van der Waals surface area contributed by atoms with Crippen molar-refractivity contribution < 1.29 is 14.5 Å². The van der Waals surface area contributed by atoms with E-state index in [2.05, 4.69) is 0 Å². The third kappa shape index (κ3) is 2.76. The summed E-state index contributed by atoms with van der Waals surface area (Å²) in [6, 6.07) is 5.87. The van der Waals surface area contributed by atoms with Gasteiger partial charge >= 0.3 is 0 Å². The first-order valence-electron chi connectivity index (χ1n) is 6.32. The molecule has 0 spiro atoms. The topological polar surface area (TPSA) is 107 Å². The molecule has 0 bridgehead atoms. The summed E-state index contributed by atoms with van der Waals surface area (Å²) in [5.41, 5.74) is 5.11. The molecule has 1 aromatic rings. The van der Waals surface area contributed by atoms with Crippen LogP contribution < -0.4 is 5.73 Å². The second-order valence-corrected chi connectivity index (χ2v) is 4.74. The van der Waals surface area contributed by atoms with Crippen LogP contribution in [0.2, 0.25) is 0 Å². The quantitative estimate of drug-likeness (QED) is 0.655. The van der Waals surface area contributed by atoms with E-state index >= 15 is 0 Å². The molecular formula is C13H15N3O4. The van der Waals surface area contributed by atoms with E-state index in [1.54, 1.807) is 6.07 Å². The number of amides is 2. The van der Waals surface area contributed by atoms with Crippen LogP contribution in [-0.4, -0.2) is 34.7 Å². The minimum absolute atomic E-state index is 0.0787. The van der Waals surface area contributed by atoms with Gasteiger partial charge in [-0.3, -0.25) is 19.7 Å². The lowest BCUT2D eigenvalue weighted by molar-refractivity contribution is -0.385. The monoisotopic (exact) mass is 277 g/mol. The summed E-state index contributed by atoms with van der Waals surface area (Å²) in [5.74, 6) is -0.951. The van der Waals surface area contributed by atoms with E-state index in [-0.39, 0.29) is 29.0 Å². The molecule has 1 aliphatic rings. The molecule has 0 atom stereocenters. The van der Waals surface area contributed by atoms with Gasteiger partial charge in [-0.1, -0.05) is 12.1 Å². The van der Waals surface area contributed by atoms with Crippen molar-refractivity contribution in [3.05, 3.63) is 39.9 Å². The van der Waals surface area contributed by atoms with E-state index in [4.69, 9.17) is 5.73 Å². The second-order valence-electron chi connectivity index (χ2n) is 4.74. The van der Waals surface area contributed by atoms with Crippen LogP contribution in [-0.2, 0) is 4.79 Å². The van der Waals surface area contributed by atoms with Gasteiger partial charge in [0.05, 0.1) is 4.92 Å². The van der Waals surface area contributed by atoms with Gasteiger partial charge in [0.1, 0.15) is 5.56 Å². The lowest BCUT2D eigenvalue weighted by Gasteiger charge is -2.30. The number of nitro groups is 1. The fourth-order valence-electron chi connectivity index (χ4n) is 2.35. The molecule has 106 valence electrons. The number of hydrogen-bond donors (Lipinski definition) is 1. The van der Waals surface area contributed by atoms with Crippen LogP contribution in [0.1, 0.15) is 23.2 Å². The minimum Gasteiger partial charge on any atom is -0.369 e. The van der Waals surface area contributed by atoms with E-state index in [9.17, 15) is 19.7 Å². The van der Waals surface area contributed by atoms with Gasteiger partial charge in [-0.15, -0.1) is 0 Å². The first-order chi connectivity index (χ1) is 9.50. The van der Waals surface area contributed by atoms with E-state index in [1.807, 2.05) is 0 Å². The van der Waals surface area contributed by atoms with E-state index in [1.165, 1.54) is 23.1 Å². The van der Waals surface area contributed by atoms with E-state index < -0.39 is 4.92 Å². The number of nitrogens with two attached hydrogens (primary N) is 1. The molecule has 7 heteroatoms. The van der Waals surface area contributed by atoms with Gasteiger partial charge in [-0.05, 0) is 18.9 Å². The zero-order valence-electron chi connectivity index (χ0n) is 10.8. The Hall–Kier alpha value is -2.44. The van der Waals surface area contributed by atoms with Crippen LogP contribution in [0.5, 0.6) is 0 Å². The van der Waals surface area contributed by atoms with Crippen LogP contribution in [0.25, 0.3) is 0 Å². The maximum absolute atomic E-state index is 12.3. The molecule has 0 aromatic heterocycles. The number of benzene rings is 1. The van der Waals surface area contributed by atoms with Crippen molar-refractivity contribution in [2.24, 2.45) is 11.7 Å². The normalized spacial score (nSPS) is 15.9. The average Bonchev–Trinajstić information content (AvgIpc) is 2.46. The largest absolute Gasteiger partial charge is 0.369 e. The van der Waals surface area contributed by atoms with Crippen LogP contribution in [0.4, 0.5) is 5.69 Å². The van der Waals surface area contributed by atoms with Gasteiger partial charge in [-0.25, -0.2) is 0 Å². The fraction of sp³-hybridized carbons (Fsp3) is 0.385. The Bertz CT molecular complexity index is 550. The third-order valence-corrected chi connectivity index (χ3v) is 3.52. The van der Waals surface area contributed by atoms with Crippen molar-refractivity contribution in [3.8, 4) is 0 Å². The lowest BCUT2D eigenvalue weighted by Crippen LogP contribution is -2.41. The number of primary amides is 1. The average molecular weight is 277 g/mol. The lowest BCUT2D eigenvalue weighted by atomic mass is 9.95. The molecule has 0 radical (unpaired) electrons. The number of hydrogen-bond acceptors (Lipinski definition) is 4. The zero-order chi connectivity index (χ0) is 14.7. The van der Waals surface area contributed by atoms with Crippen LogP contribution in [0.3, 0.4) is 0 Å². The predicted octanol–water partition coefficient (Wildman–Crippen LogP) is 0.932. The molecule has 20 heavy (non-hydrogen) atoms. The van der Waals surface area contributed by atoms with Crippen molar-refractivity contribution in [3.63, 3.8) is 0 Å². The summed E-state index contributed by atoms with van der Waals surface area (Å²) in [7, 11) is 0. The van der Waals surface area contributed by atoms with Gasteiger partial charge in [0.25, 0.3) is 11.6 Å². The Balaban J connectivity index is 2.13. The molecule has 2 amide bonds. The number of para-hydroxylation sites is 1. The highest BCUT2D eigenvalue weighted by Crippen LogP contribution is 2.23. The number of likely N-dealkylation sites (tertiary alicyclic amines) is 1. The van der Waals surface area contributed by atoms with Crippen molar-refractivity contribution >= 4 is 17.5 Å². The Morgan fingerprint density at radius 2 is 1.85 bits per heavy atom. The maximum atomic E-state index is 12.3. The SMILES string of the molecule is NC(=O)C1CCN(C(=O)c2ccccc2[N+](=O)[O-])CC1. The summed E-state index contributed by atoms with van der Waals surface area (Å²) >= 11 is 0. The molecule has 1 fully saturated rings. The molecular weight excluding hydrogens is 262 g/mol. The summed E-state index contributed by atoms with van der Waals surface area (Å²) in [4.78, 5) is 35.3. The molecule has 0 unspecified atom stereocenters. The van der Waals surface area contributed by atoms with Crippen molar-refractivity contribution in [1.29, 1.82) is 0 Å². The summed E-state index contributed by atoms with van der Waals surface area (Å²) in [5, 5.41) is 10.9. The number of carbonyl (C=O) groups excluding carboxylic acids is 2. The predicted molar refractivity (Wildman–Crippen MR) is 70.9 cm³/mol. The maximum Gasteiger partial charge on any atom is 0.282 e. The van der Waals surface area contributed by atoms with Crippen molar-refractivity contribution in [1.82, 2.24) is 4.90 Å². The van der Waals surface area contributed by atoms with E-state index in [0.717, 1.165) is 0 Å². The Kier molecular flexibility index (Phi) is 3.97. The number of nitro benzene ring substituents is 1. The first kappa shape index (κ1) is 14.0. The van der Waals surface area contributed by atoms with Crippen LogP contribution >= 0.6 is 0 Å². The van der Waals surface area contributed by atoms with Gasteiger partial charge in [-0.2, -0.15) is 0 Å². The molecule has 0 saturated carbocycles. The van der Waals surface area contributed by atoms with E-state index in [0.29, 0.717) is 25.9 Å². The van der Waals surface area contributed by atoms with Gasteiger partial charge in [0.2, 0.25) is 5.91 Å². The minimum atomic E-state index is -0.566. The summed E-state index contributed by atoms with van der Waals surface area (Å²) in [6.07, 6.45) is 1.00. The number of piperidine rings is 1. The molecule has 2 rings (SSSR count). The highest BCUT2D eigenvalue weighted by atomic mass is 16.6. The Morgan fingerprint density at radius 1 is 1.25 bits per heavy atom. The number of rotatable bonds is 3. The second kappa shape index (κ2) is 5.68. The molecule has 7 nitrogen and oxygen atoms in total. The highest BCUT2D eigenvalue weighted by molar-refractivity contribution is 5.98. The third-order valence-electron chi connectivity index (χ3n) is 3.52. The fourth-order valence-corrected chi connectivity index (χ4v) is 2.35. The molecule has 2 N–H and O–H groups in total. The summed E-state index contributed by atoms with van der Waals surface area (Å²) in [6.45, 7) is 0.775. The number of nitrogens with zero attached hydrogens (tertiary/aromatic N) is 2. The van der Waals surface area contributed by atoms with Gasteiger partial charge < -0.3 is 10.6 Å². The highest BCUT2D eigenvalue weighted by Gasteiger charge is 2.29. The van der Waals surface area contributed by atoms with Crippen molar-refractivity contribution in [2.45, 2.75) is 12.8 Å². The Morgan fingerprint density at radius 3 is 2.40 bits per heavy atom. The van der Waals surface area contributed by atoms with Crippen LogP contribution in [0, 0.1) is 16.0 Å².